The molecule has 182 valence electrons. The predicted molar refractivity (Wildman–Crippen MR) is 129 cm³/mol. The Morgan fingerprint density at radius 2 is 1.62 bits per heavy atom. The highest BCUT2D eigenvalue weighted by atomic mass is 127. The summed E-state index contributed by atoms with van der Waals surface area (Å²) in [5.74, 6) is -8.94. The number of hydrogen-bond donors (Lipinski definition) is 1. The number of hydrogen-bond acceptors (Lipinski definition) is 5. The summed E-state index contributed by atoms with van der Waals surface area (Å²) in [6, 6.07) is 7.06. The van der Waals surface area contributed by atoms with Crippen molar-refractivity contribution in [1.29, 1.82) is 0 Å². The van der Waals surface area contributed by atoms with E-state index >= 15 is 0 Å². The summed E-state index contributed by atoms with van der Waals surface area (Å²) in [6.45, 7) is 0.983. The number of benzene rings is 1. The molecule has 2 saturated heterocycles. The minimum atomic E-state index is -4.17. The number of nitrogens with one attached hydrogen (secondary N) is 1. The van der Waals surface area contributed by atoms with Crippen molar-refractivity contribution >= 4 is 46.0 Å². The van der Waals surface area contributed by atoms with E-state index in [-0.39, 0.29) is 11.8 Å². The number of nitrogens with zero attached hydrogens (tertiary/aromatic N) is 4. The Bertz CT molecular complexity index is 1110. The van der Waals surface area contributed by atoms with Crippen molar-refractivity contribution in [1.82, 2.24) is 9.97 Å². The Hall–Kier alpha value is -2.18. The first-order valence-corrected chi connectivity index (χ1v) is 12.3. The highest BCUT2D eigenvalue weighted by Crippen LogP contribution is 2.54. The molecule has 1 amide bonds. The molecule has 1 spiro atoms. The highest BCUT2D eigenvalue weighted by molar-refractivity contribution is 14.1. The molecular weight excluding hydrogens is 565 g/mol. The van der Waals surface area contributed by atoms with Gasteiger partial charge in [0.2, 0.25) is 5.95 Å². The second-order valence-corrected chi connectivity index (χ2v) is 10.8. The van der Waals surface area contributed by atoms with Crippen molar-refractivity contribution in [2.24, 2.45) is 5.41 Å². The number of rotatable bonds is 4. The number of aromatic nitrogens is 2. The van der Waals surface area contributed by atoms with Gasteiger partial charge in [-0.05, 0) is 78.8 Å². The molecule has 0 radical (unpaired) electrons. The fourth-order valence-corrected chi connectivity index (χ4v) is 5.18. The predicted octanol–water partition coefficient (Wildman–Crippen LogP) is 5.11. The van der Waals surface area contributed by atoms with E-state index in [0.29, 0.717) is 16.7 Å². The standard InChI is InChI=1S/C23H24F4IN5O/c1-14-10-18(31-20(29-14)33-12-22(24,25)23(26,27)13-33)30-19(34)16-3-2-15(28)11-17(16)32-8-6-21(4-5-21)7-9-32/h2-3,10-11H,4-9,12-13H2,1H3,(H,29,30,31,34). The molecule has 0 bridgehead atoms. The maximum Gasteiger partial charge on any atom is 0.329 e. The van der Waals surface area contributed by atoms with Gasteiger partial charge < -0.3 is 15.1 Å². The van der Waals surface area contributed by atoms with Crippen molar-refractivity contribution in [3.63, 3.8) is 0 Å². The molecule has 11 heteroatoms. The summed E-state index contributed by atoms with van der Waals surface area (Å²) in [5.41, 5.74) is 2.18. The van der Waals surface area contributed by atoms with Gasteiger partial charge in [-0.2, -0.15) is 22.5 Å². The van der Waals surface area contributed by atoms with E-state index in [9.17, 15) is 22.4 Å². The lowest BCUT2D eigenvalue weighted by molar-refractivity contribution is -0.172. The van der Waals surface area contributed by atoms with Crippen molar-refractivity contribution in [2.75, 3.05) is 41.3 Å². The molecule has 1 N–H and O–H groups in total. The fourth-order valence-electron chi connectivity index (χ4n) is 4.71. The summed E-state index contributed by atoms with van der Waals surface area (Å²) in [5, 5.41) is 2.71. The van der Waals surface area contributed by atoms with Gasteiger partial charge in [-0.1, -0.05) is 0 Å². The van der Waals surface area contributed by atoms with Gasteiger partial charge in [0, 0.05) is 28.4 Å². The van der Waals surface area contributed by atoms with Gasteiger partial charge in [0.1, 0.15) is 5.82 Å². The minimum Gasteiger partial charge on any atom is -0.371 e. The number of carbonyl (C=O) groups excluding carboxylic acids is 1. The van der Waals surface area contributed by atoms with Gasteiger partial charge in [-0.3, -0.25) is 4.79 Å². The summed E-state index contributed by atoms with van der Waals surface area (Å²) < 4.78 is 55.7. The van der Waals surface area contributed by atoms with Crippen LogP contribution < -0.4 is 15.1 Å². The first-order chi connectivity index (χ1) is 16.0. The number of piperidine rings is 1. The van der Waals surface area contributed by atoms with E-state index in [0.717, 1.165) is 40.1 Å². The lowest BCUT2D eigenvalue weighted by atomic mass is 9.93. The van der Waals surface area contributed by atoms with E-state index in [1.807, 2.05) is 12.1 Å². The normalized spacial score (nSPS) is 22.2. The van der Waals surface area contributed by atoms with Crippen LogP contribution in [-0.4, -0.2) is 53.9 Å². The Balaban J connectivity index is 1.37. The molecule has 0 atom stereocenters. The SMILES string of the molecule is Cc1cc(NC(=O)c2ccc(I)cc2N2CCC3(CC2)CC3)nc(N2CC(F)(F)C(F)(F)C2)n1. The zero-order valence-electron chi connectivity index (χ0n) is 18.6. The molecule has 1 aromatic heterocycles. The van der Waals surface area contributed by atoms with Crippen LogP contribution in [0.3, 0.4) is 0 Å². The first-order valence-electron chi connectivity index (χ1n) is 11.2. The van der Waals surface area contributed by atoms with E-state index < -0.39 is 30.8 Å². The van der Waals surface area contributed by atoms with Crippen LogP contribution in [0.1, 0.15) is 41.7 Å². The second-order valence-electron chi connectivity index (χ2n) is 9.56. The summed E-state index contributed by atoms with van der Waals surface area (Å²) in [4.78, 5) is 24.3. The third kappa shape index (κ3) is 4.42. The monoisotopic (exact) mass is 589 g/mol. The summed E-state index contributed by atoms with van der Waals surface area (Å²) in [6.07, 6.45) is 4.79. The molecule has 3 fully saturated rings. The van der Waals surface area contributed by atoms with E-state index in [4.69, 9.17) is 0 Å². The number of amides is 1. The van der Waals surface area contributed by atoms with Gasteiger partial charge in [0.15, 0.2) is 0 Å². The quantitative estimate of drug-likeness (QED) is 0.397. The number of alkyl halides is 4. The Kier molecular flexibility index (Phi) is 5.68. The minimum absolute atomic E-state index is 0.0751. The lowest BCUT2D eigenvalue weighted by Gasteiger charge is -2.35. The van der Waals surface area contributed by atoms with Gasteiger partial charge >= 0.3 is 11.8 Å². The molecule has 2 aliphatic heterocycles. The number of anilines is 3. The molecule has 3 heterocycles. The number of aryl methyl sites for hydroxylation is 1. The van der Waals surface area contributed by atoms with E-state index in [1.54, 1.807) is 13.0 Å². The first kappa shape index (κ1) is 23.6. The van der Waals surface area contributed by atoms with Crippen LogP contribution >= 0.6 is 22.6 Å². The van der Waals surface area contributed by atoms with Gasteiger partial charge in [0.25, 0.3) is 5.91 Å². The maximum absolute atomic E-state index is 13.7. The van der Waals surface area contributed by atoms with Crippen LogP contribution in [0.15, 0.2) is 24.3 Å². The van der Waals surface area contributed by atoms with Crippen molar-refractivity contribution < 1.29 is 22.4 Å². The third-order valence-electron chi connectivity index (χ3n) is 7.01. The van der Waals surface area contributed by atoms with Crippen LogP contribution in [0.25, 0.3) is 0 Å². The molecule has 1 aliphatic carbocycles. The molecule has 0 unspecified atom stereocenters. The Morgan fingerprint density at radius 3 is 2.24 bits per heavy atom. The molecule has 3 aliphatic rings. The molecule has 2 aromatic rings. The smallest absolute Gasteiger partial charge is 0.329 e. The largest absolute Gasteiger partial charge is 0.371 e. The van der Waals surface area contributed by atoms with Gasteiger partial charge in [-0.25, -0.2) is 4.98 Å². The molecule has 1 saturated carbocycles. The molecule has 34 heavy (non-hydrogen) atoms. The average Bonchev–Trinajstić information content (AvgIpc) is 3.46. The topological polar surface area (TPSA) is 61.4 Å². The maximum atomic E-state index is 13.7. The lowest BCUT2D eigenvalue weighted by Crippen LogP contribution is -2.38. The molecular formula is C23H24F4IN5O. The summed E-state index contributed by atoms with van der Waals surface area (Å²) in [7, 11) is 0. The second kappa shape index (κ2) is 8.20. The van der Waals surface area contributed by atoms with Gasteiger partial charge in [0.05, 0.1) is 24.3 Å². The highest BCUT2D eigenvalue weighted by Gasteiger charge is 2.63. The van der Waals surface area contributed by atoms with Crippen molar-refractivity contribution in [2.45, 2.75) is 44.5 Å². The van der Waals surface area contributed by atoms with Crippen LogP contribution in [0.2, 0.25) is 0 Å². The van der Waals surface area contributed by atoms with E-state index in [1.165, 1.54) is 18.9 Å². The zero-order valence-corrected chi connectivity index (χ0v) is 20.7. The van der Waals surface area contributed by atoms with Crippen LogP contribution in [0.5, 0.6) is 0 Å². The zero-order chi connectivity index (χ0) is 24.3. The molecule has 6 nitrogen and oxygen atoms in total. The average molecular weight is 589 g/mol. The van der Waals surface area contributed by atoms with E-state index in [2.05, 4.69) is 42.8 Å². The van der Waals surface area contributed by atoms with Crippen LogP contribution in [0.4, 0.5) is 35.0 Å². The van der Waals surface area contributed by atoms with Crippen molar-refractivity contribution in [3.8, 4) is 0 Å². The van der Waals surface area contributed by atoms with Crippen LogP contribution in [0, 0.1) is 15.9 Å². The number of halogens is 5. The van der Waals surface area contributed by atoms with Crippen LogP contribution in [-0.2, 0) is 0 Å². The summed E-state index contributed by atoms with van der Waals surface area (Å²) >= 11 is 2.21. The Labute approximate surface area is 208 Å². The van der Waals surface area contributed by atoms with Crippen molar-refractivity contribution in [3.05, 3.63) is 39.1 Å². The number of carbonyl (C=O) groups is 1. The molecule has 1 aromatic carbocycles. The Morgan fingerprint density at radius 1 is 0.971 bits per heavy atom. The van der Waals surface area contributed by atoms with Gasteiger partial charge in [-0.15, -0.1) is 0 Å². The molecule has 5 rings (SSSR count). The fraction of sp³-hybridized carbons (Fsp3) is 0.522. The third-order valence-corrected chi connectivity index (χ3v) is 7.68.